The van der Waals surface area contributed by atoms with Crippen molar-refractivity contribution >= 4 is 39.1 Å². The molecule has 0 aliphatic rings. The zero-order valence-electron chi connectivity index (χ0n) is 23.1. The van der Waals surface area contributed by atoms with Gasteiger partial charge in [0, 0.05) is 18.1 Å². The summed E-state index contributed by atoms with van der Waals surface area (Å²) in [5.41, 5.74) is 3.75. The van der Waals surface area contributed by atoms with Crippen molar-refractivity contribution in [2.45, 2.75) is 58.5 Å². The molecule has 39 heavy (non-hydrogen) atoms. The van der Waals surface area contributed by atoms with Crippen LogP contribution >= 0.6 is 11.6 Å². The summed E-state index contributed by atoms with van der Waals surface area (Å²) in [6, 6.07) is 18.2. The van der Waals surface area contributed by atoms with Gasteiger partial charge in [0.05, 0.1) is 10.6 Å². The average molecular weight is 570 g/mol. The molecule has 0 unspecified atom stereocenters. The highest BCUT2D eigenvalue weighted by atomic mass is 35.5. The van der Waals surface area contributed by atoms with Crippen LogP contribution in [0.5, 0.6) is 0 Å². The molecule has 2 amide bonds. The summed E-state index contributed by atoms with van der Waals surface area (Å²) in [6.45, 7) is 9.31. The Morgan fingerprint density at radius 2 is 1.51 bits per heavy atom. The fourth-order valence-electron chi connectivity index (χ4n) is 4.07. The van der Waals surface area contributed by atoms with Crippen molar-refractivity contribution in [1.82, 2.24) is 10.2 Å². The molecule has 1 atom stereocenters. The lowest BCUT2D eigenvalue weighted by molar-refractivity contribution is -0.139. The number of nitrogens with zero attached hydrogens (tertiary/aromatic N) is 2. The lowest BCUT2D eigenvalue weighted by Crippen LogP contribution is -2.51. The molecule has 0 bridgehead atoms. The van der Waals surface area contributed by atoms with Gasteiger partial charge in [-0.3, -0.25) is 13.9 Å². The van der Waals surface area contributed by atoms with Gasteiger partial charge in [-0.1, -0.05) is 72.1 Å². The van der Waals surface area contributed by atoms with Crippen LogP contribution in [0.3, 0.4) is 0 Å². The normalized spacial score (nSPS) is 12.1. The summed E-state index contributed by atoms with van der Waals surface area (Å²) in [4.78, 5) is 28.4. The van der Waals surface area contributed by atoms with Crippen LogP contribution in [0.1, 0.15) is 42.5 Å². The van der Waals surface area contributed by atoms with Gasteiger partial charge in [-0.25, -0.2) is 8.42 Å². The van der Waals surface area contributed by atoms with E-state index >= 15 is 0 Å². The number of sulfonamides is 1. The van der Waals surface area contributed by atoms with Crippen LogP contribution < -0.4 is 9.62 Å². The largest absolute Gasteiger partial charge is 0.354 e. The molecular formula is C30H36ClN3O4S. The van der Waals surface area contributed by atoms with Gasteiger partial charge < -0.3 is 10.2 Å². The monoisotopic (exact) mass is 569 g/mol. The second kappa shape index (κ2) is 13.1. The van der Waals surface area contributed by atoms with Crippen molar-refractivity contribution in [1.29, 1.82) is 0 Å². The Balaban J connectivity index is 2.05. The zero-order valence-corrected chi connectivity index (χ0v) is 24.6. The Kier molecular flexibility index (Phi) is 10.2. The Morgan fingerprint density at radius 1 is 0.923 bits per heavy atom. The number of benzene rings is 3. The smallest absolute Gasteiger partial charge is 0.264 e. The molecule has 0 aliphatic heterocycles. The van der Waals surface area contributed by atoms with Gasteiger partial charge >= 0.3 is 0 Å². The number of rotatable bonds is 11. The van der Waals surface area contributed by atoms with Gasteiger partial charge in [-0.2, -0.15) is 0 Å². The van der Waals surface area contributed by atoms with Crippen LogP contribution in [0, 0.1) is 20.8 Å². The van der Waals surface area contributed by atoms with Crippen LogP contribution in [0.4, 0.5) is 5.69 Å². The molecule has 208 valence electrons. The quantitative estimate of drug-likeness (QED) is 0.335. The van der Waals surface area contributed by atoms with Crippen LogP contribution in [0.25, 0.3) is 0 Å². The van der Waals surface area contributed by atoms with Gasteiger partial charge in [-0.15, -0.1) is 0 Å². The maximum absolute atomic E-state index is 14.0. The van der Waals surface area contributed by atoms with E-state index in [0.29, 0.717) is 22.8 Å². The van der Waals surface area contributed by atoms with Gasteiger partial charge in [0.2, 0.25) is 11.8 Å². The van der Waals surface area contributed by atoms with E-state index in [1.54, 1.807) is 38.1 Å². The van der Waals surface area contributed by atoms with E-state index in [4.69, 9.17) is 11.6 Å². The van der Waals surface area contributed by atoms with E-state index in [2.05, 4.69) is 5.32 Å². The van der Waals surface area contributed by atoms with E-state index in [-0.39, 0.29) is 17.3 Å². The molecule has 0 spiro atoms. The molecule has 7 nitrogen and oxygen atoms in total. The number of carbonyl (C=O) groups is 2. The van der Waals surface area contributed by atoms with Crippen molar-refractivity contribution in [3.8, 4) is 0 Å². The number of amides is 2. The van der Waals surface area contributed by atoms with E-state index in [9.17, 15) is 18.0 Å². The van der Waals surface area contributed by atoms with E-state index < -0.39 is 28.5 Å². The highest BCUT2D eigenvalue weighted by molar-refractivity contribution is 7.92. The second-order valence-corrected chi connectivity index (χ2v) is 12.0. The third-order valence-corrected chi connectivity index (χ3v) is 8.53. The number of nitrogens with one attached hydrogen (secondary N) is 1. The number of aryl methyl sites for hydroxylation is 3. The molecule has 3 aromatic carbocycles. The first kappa shape index (κ1) is 30.2. The molecule has 0 heterocycles. The number of hydrogen-bond donors (Lipinski definition) is 1. The second-order valence-electron chi connectivity index (χ2n) is 9.73. The van der Waals surface area contributed by atoms with Crippen LogP contribution in [-0.4, -0.2) is 44.3 Å². The fourth-order valence-corrected chi connectivity index (χ4v) is 5.71. The SMILES string of the molecule is CCCNC(=O)[C@H](C)N(Cc1ccc(C)cc1)C(=O)CN(c1cc(Cl)ccc1C)S(=O)(=O)c1ccc(C)cc1. The molecule has 0 saturated heterocycles. The van der Waals surface area contributed by atoms with Gasteiger partial charge in [-0.05, 0) is 69.5 Å². The first-order chi connectivity index (χ1) is 18.4. The molecule has 3 rings (SSSR count). The Hall–Kier alpha value is -3.36. The molecule has 0 aliphatic carbocycles. The van der Waals surface area contributed by atoms with E-state index in [0.717, 1.165) is 27.4 Å². The van der Waals surface area contributed by atoms with Crippen molar-refractivity contribution in [3.05, 3.63) is 94.0 Å². The van der Waals surface area contributed by atoms with Gasteiger partial charge in [0.25, 0.3) is 10.0 Å². The molecule has 3 aromatic rings. The number of hydrogen-bond acceptors (Lipinski definition) is 4. The first-order valence-corrected chi connectivity index (χ1v) is 14.7. The minimum absolute atomic E-state index is 0.0547. The van der Waals surface area contributed by atoms with Crippen molar-refractivity contribution < 1.29 is 18.0 Å². The summed E-state index contributed by atoms with van der Waals surface area (Å²) in [6.07, 6.45) is 0.751. The van der Waals surface area contributed by atoms with Crippen molar-refractivity contribution in [2.75, 3.05) is 17.4 Å². The topological polar surface area (TPSA) is 86.8 Å². The average Bonchev–Trinajstić information content (AvgIpc) is 2.91. The Labute approximate surface area is 236 Å². The number of halogens is 1. The molecular weight excluding hydrogens is 534 g/mol. The fraction of sp³-hybridized carbons (Fsp3) is 0.333. The maximum Gasteiger partial charge on any atom is 0.264 e. The van der Waals surface area contributed by atoms with Crippen LogP contribution in [0.2, 0.25) is 5.02 Å². The lowest BCUT2D eigenvalue weighted by atomic mass is 10.1. The first-order valence-electron chi connectivity index (χ1n) is 12.9. The summed E-state index contributed by atoms with van der Waals surface area (Å²) >= 11 is 6.27. The van der Waals surface area contributed by atoms with Crippen molar-refractivity contribution in [3.63, 3.8) is 0 Å². The Morgan fingerprint density at radius 3 is 2.10 bits per heavy atom. The molecule has 0 radical (unpaired) electrons. The molecule has 0 saturated carbocycles. The Bertz CT molecular complexity index is 1410. The maximum atomic E-state index is 14.0. The standard InChI is InChI=1S/C30H36ClN3O4S/c1-6-17-32-30(36)24(5)33(19-25-12-7-21(2)8-13-25)29(35)20-34(28-18-26(31)14-11-23(28)4)39(37,38)27-15-9-22(3)10-16-27/h7-16,18,24H,6,17,19-20H2,1-5H3,(H,32,36)/t24-/m0/s1. The predicted octanol–water partition coefficient (Wildman–Crippen LogP) is 5.40. The molecule has 9 heteroatoms. The van der Waals surface area contributed by atoms with E-state index in [1.165, 1.54) is 23.1 Å². The number of carbonyl (C=O) groups excluding carboxylic acids is 2. The highest BCUT2D eigenvalue weighted by Crippen LogP contribution is 2.30. The minimum Gasteiger partial charge on any atom is -0.354 e. The summed E-state index contributed by atoms with van der Waals surface area (Å²) < 4.78 is 29.0. The highest BCUT2D eigenvalue weighted by Gasteiger charge is 2.33. The number of anilines is 1. The van der Waals surface area contributed by atoms with E-state index in [1.807, 2.05) is 45.0 Å². The summed E-state index contributed by atoms with van der Waals surface area (Å²) in [5, 5.41) is 3.19. The third kappa shape index (κ3) is 7.61. The third-order valence-electron chi connectivity index (χ3n) is 6.52. The zero-order chi connectivity index (χ0) is 28.7. The lowest BCUT2D eigenvalue weighted by Gasteiger charge is -2.32. The van der Waals surface area contributed by atoms with Gasteiger partial charge in [0.15, 0.2) is 0 Å². The minimum atomic E-state index is -4.15. The summed E-state index contributed by atoms with van der Waals surface area (Å²) in [5.74, 6) is -0.811. The predicted molar refractivity (Wildman–Crippen MR) is 156 cm³/mol. The molecule has 1 N–H and O–H groups in total. The van der Waals surface area contributed by atoms with Crippen molar-refractivity contribution in [2.24, 2.45) is 0 Å². The van der Waals surface area contributed by atoms with Crippen LogP contribution in [-0.2, 0) is 26.2 Å². The summed E-state index contributed by atoms with van der Waals surface area (Å²) in [7, 11) is -4.15. The van der Waals surface area contributed by atoms with Gasteiger partial charge in [0.1, 0.15) is 12.6 Å². The van der Waals surface area contributed by atoms with Crippen LogP contribution in [0.15, 0.2) is 71.6 Å². The molecule has 0 fully saturated rings. The molecule has 0 aromatic heterocycles.